The van der Waals surface area contributed by atoms with Gasteiger partial charge in [-0.1, -0.05) is 6.07 Å². The minimum Gasteiger partial charge on any atom is -0.343 e. The number of carbonyl (C=O) groups is 2. The standard InChI is InChI=1S/C13H16F2N2O2/c1-3-17(4-2)11(18)8-16-13(19)9-6-5-7-10(14)12(9)15/h5-7H,3-4,8H2,1-2H3,(H,16,19). The van der Waals surface area contributed by atoms with Gasteiger partial charge in [-0.25, -0.2) is 8.78 Å². The number of nitrogens with zero attached hydrogens (tertiary/aromatic N) is 1. The van der Waals surface area contributed by atoms with Gasteiger partial charge in [-0.2, -0.15) is 0 Å². The number of likely N-dealkylation sites (N-methyl/N-ethyl adjacent to an activating group) is 1. The monoisotopic (exact) mass is 270 g/mol. The second kappa shape index (κ2) is 6.82. The molecule has 0 unspecified atom stereocenters. The van der Waals surface area contributed by atoms with Crippen LogP contribution in [0.2, 0.25) is 0 Å². The van der Waals surface area contributed by atoms with Gasteiger partial charge in [-0.3, -0.25) is 9.59 Å². The lowest BCUT2D eigenvalue weighted by atomic mass is 10.2. The van der Waals surface area contributed by atoms with Crippen molar-refractivity contribution in [3.63, 3.8) is 0 Å². The minimum absolute atomic E-state index is 0.240. The molecule has 0 fully saturated rings. The Morgan fingerprint density at radius 1 is 1.21 bits per heavy atom. The fourth-order valence-electron chi connectivity index (χ4n) is 1.62. The number of hydrogen-bond acceptors (Lipinski definition) is 2. The van der Waals surface area contributed by atoms with Crippen LogP contribution in [0, 0.1) is 11.6 Å². The molecule has 1 N–H and O–H groups in total. The zero-order valence-electron chi connectivity index (χ0n) is 10.9. The molecule has 0 spiro atoms. The number of benzene rings is 1. The average Bonchev–Trinajstić information content (AvgIpc) is 2.40. The zero-order valence-corrected chi connectivity index (χ0v) is 10.9. The quantitative estimate of drug-likeness (QED) is 0.882. The Labute approximate surface area is 110 Å². The van der Waals surface area contributed by atoms with E-state index in [1.54, 1.807) is 0 Å². The number of hydrogen-bond donors (Lipinski definition) is 1. The Morgan fingerprint density at radius 3 is 2.42 bits per heavy atom. The lowest BCUT2D eigenvalue weighted by Gasteiger charge is -2.18. The summed E-state index contributed by atoms with van der Waals surface area (Å²) in [6, 6.07) is 3.32. The predicted octanol–water partition coefficient (Wildman–Crippen LogP) is 1.56. The van der Waals surface area contributed by atoms with Gasteiger partial charge in [0.1, 0.15) is 0 Å². The lowest BCUT2D eigenvalue weighted by Crippen LogP contribution is -2.40. The van der Waals surface area contributed by atoms with Gasteiger partial charge in [-0.05, 0) is 26.0 Å². The van der Waals surface area contributed by atoms with E-state index in [-0.39, 0.29) is 12.5 Å². The Hall–Kier alpha value is -1.98. The molecule has 0 aromatic heterocycles. The van der Waals surface area contributed by atoms with Crippen molar-refractivity contribution in [1.29, 1.82) is 0 Å². The van der Waals surface area contributed by atoms with E-state index in [1.165, 1.54) is 11.0 Å². The molecule has 104 valence electrons. The van der Waals surface area contributed by atoms with E-state index in [4.69, 9.17) is 0 Å². The van der Waals surface area contributed by atoms with Crippen LogP contribution in [-0.4, -0.2) is 36.3 Å². The van der Waals surface area contributed by atoms with E-state index in [1.807, 2.05) is 13.8 Å². The van der Waals surface area contributed by atoms with Crippen molar-refractivity contribution in [3.05, 3.63) is 35.4 Å². The van der Waals surface area contributed by atoms with E-state index in [0.717, 1.165) is 12.1 Å². The van der Waals surface area contributed by atoms with E-state index in [9.17, 15) is 18.4 Å². The number of carbonyl (C=O) groups excluding carboxylic acids is 2. The summed E-state index contributed by atoms with van der Waals surface area (Å²) in [5.74, 6) is -3.38. The highest BCUT2D eigenvalue weighted by Crippen LogP contribution is 2.10. The Kier molecular flexibility index (Phi) is 5.41. The van der Waals surface area contributed by atoms with Crippen molar-refractivity contribution in [2.75, 3.05) is 19.6 Å². The third-order valence-corrected chi connectivity index (χ3v) is 2.71. The average molecular weight is 270 g/mol. The van der Waals surface area contributed by atoms with Gasteiger partial charge in [-0.15, -0.1) is 0 Å². The maximum atomic E-state index is 13.3. The van der Waals surface area contributed by atoms with Crippen LogP contribution in [0.4, 0.5) is 8.78 Å². The SMILES string of the molecule is CCN(CC)C(=O)CNC(=O)c1cccc(F)c1F. The van der Waals surface area contributed by atoms with Crippen molar-refractivity contribution >= 4 is 11.8 Å². The summed E-state index contributed by atoms with van der Waals surface area (Å²) in [6.07, 6.45) is 0. The summed E-state index contributed by atoms with van der Waals surface area (Å²) in [7, 11) is 0. The fraction of sp³-hybridized carbons (Fsp3) is 0.385. The summed E-state index contributed by atoms with van der Waals surface area (Å²) in [6.45, 7) is 4.44. The second-order valence-corrected chi connectivity index (χ2v) is 3.85. The first-order valence-corrected chi connectivity index (χ1v) is 6.01. The van der Waals surface area contributed by atoms with Crippen molar-refractivity contribution < 1.29 is 18.4 Å². The van der Waals surface area contributed by atoms with Crippen LogP contribution in [-0.2, 0) is 4.79 Å². The highest BCUT2D eigenvalue weighted by Gasteiger charge is 2.16. The lowest BCUT2D eigenvalue weighted by molar-refractivity contribution is -0.129. The van der Waals surface area contributed by atoms with E-state index in [0.29, 0.717) is 13.1 Å². The van der Waals surface area contributed by atoms with Crippen LogP contribution in [0.15, 0.2) is 18.2 Å². The molecule has 0 heterocycles. The molecule has 0 saturated carbocycles. The van der Waals surface area contributed by atoms with Gasteiger partial charge in [0.25, 0.3) is 5.91 Å². The molecule has 2 amide bonds. The second-order valence-electron chi connectivity index (χ2n) is 3.85. The van der Waals surface area contributed by atoms with Crippen molar-refractivity contribution in [3.8, 4) is 0 Å². The first-order valence-electron chi connectivity index (χ1n) is 6.01. The molecular weight excluding hydrogens is 254 g/mol. The summed E-state index contributed by atoms with van der Waals surface area (Å²) < 4.78 is 26.3. The van der Waals surface area contributed by atoms with Gasteiger partial charge in [0, 0.05) is 13.1 Å². The van der Waals surface area contributed by atoms with E-state index >= 15 is 0 Å². The topological polar surface area (TPSA) is 49.4 Å². The summed E-state index contributed by atoms with van der Waals surface area (Å²) >= 11 is 0. The molecule has 0 bridgehead atoms. The molecule has 1 aromatic carbocycles. The molecule has 0 radical (unpaired) electrons. The third-order valence-electron chi connectivity index (χ3n) is 2.71. The van der Waals surface area contributed by atoms with E-state index < -0.39 is 23.1 Å². The molecule has 19 heavy (non-hydrogen) atoms. The van der Waals surface area contributed by atoms with Crippen LogP contribution < -0.4 is 5.32 Å². The number of nitrogens with one attached hydrogen (secondary N) is 1. The Balaban J connectivity index is 2.66. The molecule has 0 atom stereocenters. The molecular formula is C13H16F2N2O2. The summed E-state index contributed by atoms with van der Waals surface area (Å²) in [5.41, 5.74) is -0.410. The highest BCUT2D eigenvalue weighted by molar-refractivity contribution is 5.96. The normalized spacial score (nSPS) is 10.1. The Morgan fingerprint density at radius 2 is 1.84 bits per heavy atom. The van der Waals surface area contributed by atoms with Gasteiger partial charge in [0.15, 0.2) is 11.6 Å². The maximum absolute atomic E-state index is 13.3. The molecule has 6 heteroatoms. The van der Waals surface area contributed by atoms with Gasteiger partial charge in [0.05, 0.1) is 12.1 Å². The Bertz CT molecular complexity index is 474. The number of rotatable bonds is 5. The molecule has 0 aliphatic heterocycles. The smallest absolute Gasteiger partial charge is 0.254 e. The third kappa shape index (κ3) is 3.74. The van der Waals surface area contributed by atoms with E-state index in [2.05, 4.69) is 5.32 Å². The largest absolute Gasteiger partial charge is 0.343 e. The van der Waals surface area contributed by atoms with Crippen LogP contribution in [0.25, 0.3) is 0 Å². The maximum Gasteiger partial charge on any atom is 0.254 e. The summed E-state index contributed by atoms with van der Waals surface area (Å²) in [5, 5.41) is 2.28. The molecule has 1 rings (SSSR count). The predicted molar refractivity (Wildman–Crippen MR) is 66.6 cm³/mol. The van der Waals surface area contributed by atoms with Gasteiger partial charge >= 0.3 is 0 Å². The van der Waals surface area contributed by atoms with Crippen molar-refractivity contribution in [1.82, 2.24) is 10.2 Å². The summed E-state index contributed by atoms with van der Waals surface area (Å²) in [4.78, 5) is 24.8. The number of halogens is 2. The molecule has 0 saturated heterocycles. The molecule has 0 aliphatic rings. The zero-order chi connectivity index (χ0) is 14.4. The fourth-order valence-corrected chi connectivity index (χ4v) is 1.62. The first-order chi connectivity index (χ1) is 9.01. The molecule has 1 aromatic rings. The van der Waals surface area contributed by atoms with Crippen molar-refractivity contribution in [2.45, 2.75) is 13.8 Å². The van der Waals surface area contributed by atoms with Crippen LogP contribution >= 0.6 is 0 Å². The number of amides is 2. The van der Waals surface area contributed by atoms with Crippen LogP contribution in [0.5, 0.6) is 0 Å². The molecule has 4 nitrogen and oxygen atoms in total. The minimum atomic E-state index is -1.21. The highest BCUT2D eigenvalue weighted by atomic mass is 19.2. The van der Waals surface area contributed by atoms with Crippen LogP contribution in [0.3, 0.4) is 0 Å². The van der Waals surface area contributed by atoms with Gasteiger partial charge in [0.2, 0.25) is 5.91 Å². The van der Waals surface area contributed by atoms with Gasteiger partial charge < -0.3 is 10.2 Å². The van der Waals surface area contributed by atoms with Crippen molar-refractivity contribution in [2.24, 2.45) is 0 Å². The van der Waals surface area contributed by atoms with Crippen LogP contribution in [0.1, 0.15) is 24.2 Å². The first kappa shape index (κ1) is 15.1. The molecule has 0 aliphatic carbocycles.